The number of hydrogen-bond acceptors (Lipinski definition) is 5. The molecule has 0 saturated carbocycles. The zero-order chi connectivity index (χ0) is 17.8. The van der Waals surface area contributed by atoms with Crippen molar-refractivity contribution in [2.45, 2.75) is 31.9 Å². The van der Waals surface area contributed by atoms with Crippen LogP contribution in [0.2, 0.25) is 0 Å². The first kappa shape index (κ1) is 18.0. The zero-order valence-electron chi connectivity index (χ0n) is 15.4. The van der Waals surface area contributed by atoms with Crippen LogP contribution in [0, 0.1) is 0 Å². The van der Waals surface area contributed by atoms with Gasteiger partial charge in [-0.15, -0.1) is 0 Å². The number of methoxy groups -OCH3 is 2. The Kier molecular flexibility index (Phi) is 5.81. The van der Waals surface area contributed by atoms with Gasteiger partial charge in [0.1, 0.15) is 11.5 Å². The summed E-state index contributed by atoms with van der Waals surface area (Å²) in [5.74, 6) is 1.79. The van der Waals surface area contributed by atoms with E-state index in [9.17, 15) is 4.79 Å². The molecule has 3 rings (SSSR count). The summed E-state index contributed by atoms with van der Waals surface area (Å²) in [6.45, 7) is 5.40. The summed E-state index contributed by atoms with van der Waals surface area (Å²) >= 11 is 0. The van der Waals surface area contributed by atoms with Crippen LogP contribution in [0.25, 0.3) is 0 Å². The van der Waals surface area contributed by atoms with Gasteiger partial charge in [0.05, 0.1) is 33.5 Å². The third kappa shape index (κ3) is 4.07. The van der Waals surface area contributed by atoms with E-state index in [4.69, 9.17) is 14.2 Å². The van der Waals surface area contributed by atoms with Gasteiger partial charge in [-0.05, 0) is 32.4 Å². The van der Waals surface area contributed by atoms with Gasteiger partial charge in [0, 0.05) is 30.8 Å². The molecule has 6 nitrogen and oxygen atoms in total. The van der Waals surface area contributed by atoms with Crippen molar-refractivity contribution in [2.75, 3.05) is 47.0 Å². The van der Waals surface area contributed by atoms with Crippen molar-refractivity contribution >= 4 is 5.91 Å². The highest BCUT2D eigenvalue weighted by atomic mass is 16.5. The molecule has 25 heavy (non-hydrogen) atoms. The fourth-order valence-electron chi connectivity index (χ4n) is 3.78. The lowest BCUT2D eigenvalue weighted by Gasteiger charge is -2.33. The fraction of sp³-hybridized carbons (Fsp3) is 0.632. The Morgan fingerprint density at radius 1 is 1.28 bits per heavy atom. The van der Waals surface area contributed by atoms with Gasteiger partial charge in [0.25, 0.3) is 0 Å². The summed E-state index contributed by atoms with van der Waals surface area (Å²) in [5, 5.41) is 0. The minimum atomic E-state index is 0.119. The van der Waals surface area contributed by atoms with Gasteiger partial charge >= 0.3 is 0 Å². The molecule has 2 saturated heterocycles. The highest BCUT2D eigenvalue weighted by Crippen LogP contribution is 2.38. The number of benzene rings is 1. The molecule has 0 aliphatic carbocycles. The van der Waals surface area contributed by atoms with Crippen LogP contribution in [-0.2, 0) is 9.53 Å². The SMILES string of the molecule is COc1ccc([C@@H]2CCCN2CC(=O)N2CCO[C@@H](C)C2)c(OC)c1. The average molecular weight is 348 g/mol. The first-order chi connectivity index (χ1) is 12.1. The highest BCUT2D eigenvalue weighted by Gasteiger charge is 2.32. The molecule has 0 radical (unpaired) electrons. The van der Waals surface area contributed by atoms with Crippen LogP contribution in [-0.4, -0.2) is 68.8 Å². The van der Waals surface area contributed by atoms with Gasteiger partial charge in [-0.25, -0.2) is 0 Å². The third-order valence-corrected chi connectivity index (χ3v) is 5.10. The van der Waals surface area contributed by atoms with Crippen LogP contribution in [0.4, 0.5) is 0 Å². The van der Waals surface area contributed by atoms with Crippen molar-refractivity contribution < 1.29 is 19.0 Å². The molecule has 0 unspecified atom stereocenters. The third-order valence-electron chi connectivity index (χ3n) is 5.10. The molecule has 2 aliphatic rings. The summed E-state index contributed by atoms with van der Waals surface area (Å²) < 4.78 is 16.4. The predicted molar refractivity (Wildman–Crippen MR) is 95.1 cm³/mol. The normalized spacial score (nSPS) is 24.4. The number of morpholine rings is 1. The van der Waals surface area contributed by atoms with Crippen LogP contribution in [0.15, 0.2) is 18.2 Å². The number of rotatable bonds is 5. The number of nitrogens with zero attached hydrogens (tertiary/aromatic N) is 2. The molecule has 2 atom stereocenters. The molecule has 2 heterocycles. The van der Waals surface area contributed by atoms with Crippen LogP contribution in [0.5, 0.6) is 11.5 Å². The van der Waals surface area contributed by atoms with Crippen molar-refractivity contribution in [3.63, 3.8) is 0 Å². The Balaban J connectivity index is 1.71. The number of likely N-dealkylation sites (tertiary alicyclic amines) is 1. The lowest BCUT2D eigenvalue weighted by atomic mass is 10.0. The molecule has 2 fully saturated rings. The van der Waals surface area contributed by atoms with Crippen LogP contribution in [0.3, 0.4) is 0 Å². The molecule has 0 N–H and O–H groups in total. The van der Waals surface area contributed by atoms with E-state index >= 15 is 0 Å². The molecule has 0 bridgehead atoms. The second-order valence-corrected chi connectivity index (χ2v) is 6.76. The molecule has 1 amide bonds. The van der Waals surface area contributed by atoms with E-state index < -0.39 is 0 Å². The summed E-state index contributed by atoms with van der Waals surface area (Å²) in [6, 6.07) is 6.14. The molecular weight excluding hydrogens is 320 g/mol. The zero-order valence-corrected chi connectivity index (χ0v) is 15.4. The molecule has 0 aromatic heterocycles. The Labute approximate surface area is 149 Å². The van der Waals surface area contributed by atoms with Crippen LogP contribution < -0.4 is 9.47 Å². The van der Waals surface area contributed by atoms with Crippen molar-refractivity contribution in [1.82, 2.24) is 9.80 Å². The lowest BCUT2D eigenvalue weighted by molar-refractivity contribution is -0.139. The monoisotopic (exact) mass is 348 g/mol. The van der Waals surface area contributed by atoms with E-state index in [1.165, 1.54) is 0 Å². The number of carbonyl (C=O) groups is 1. The first-order valence-electron chi connectivity index (χ1n) is 8.97. The fourth-order valence-corrected chi connectivity index (χ4v) is 3.78. The minimum Gasteiger partial charge on any atom is -0.497 e. The van der Waals surface area contributed by atoms with Crippen LogP contribution in [0.1, 0.15) is 31.4 Å². The van der Waals surface area contributed by atoms with E-state index in [2.05, 4.69) is 11.0 Å². The molecule has 2 aliphatic heterocycles. The first-order valence-corrected chi connectivity index (χ1v) is 8.97. The van der Waals surface area contributed by atoms with Gasteiger partial charge < -0.3 is 19.1 Å². The maximum absolute atomic E-state index is 12.7. The number of hydrogen-bond donors (Lipinski definition) is 0. The van der Waals surface area contributed by atoms with Crippen molar-refractivity contribution in [2.24, 2.45) is 0 Å². The maximum Gasteiger partial charge on any atom is 0.236 e. The molecule has 1 aromatic carbocycles. The summed E-state index contributed by atoms with van der Waals surface area (Å²) in [7, 11) is 3.33. The van der Waals surface area contributed by atoms with Gasteiger partial charge in [-0.2, -0.15) is 0 Å². The quantitative estimate of drug-likeness (QED) is 0.816. The molecule has 1 aromatic rings. The van der Waals surface area contributed by atoms with E-state index in [-0.39, 0.29) is 18.1 Å². The lowest BCUT2D eigenvalue weighted by Crippen LogP contribution is -2.48. The van der Waals surface area contributed by atoms with E-state index in [1.807, 2.05) is 24.0 Å². The Morgan fingerprint density at radius 2 is 2.12 bits per heavy atom. The molecule has 0 spiro atoms. The van der Waals surface area contributed by atoms with Crippen molar-refractivity contribution in [1.29, 1.82) is 0 Å². The number of carbonyl (C=O) groups excluding carboxylic acids is 1. The molecular formula is C19H28N2O4. The topological polar surface area (TPSA) is 51.2 Å². The molecule has 138 valence electrons. The van der Waals surface area contributed by atoms with E-state index in [0.717, 1.165) is 36.4 Å². The van der Waals surface area contributed by atoms with Gasteiger partial charge in [0.15, 0.2) is 0 Å². The highest BCUT2D eigenvalue weighted by molar-refractivity contribution is 5.78. The summed E-state index contributed by atoms with van der Waals surface area (Å²) in [6.07, 6.45) is 2.25. The number of amides is 1. The Hall–Kier alpha value is -1.79. The standard InChI is InChI=1S/C19H28N2O4/c1-14-12-21(9-10-25-14)19(22)13-20-8-4-5-17(20)16-7-6-15(23-2)11-18(16)24-3/h6-7,11,14,17H,4-5,8-10,12-13H2,1-3H3/t14-,17-/m0/s1. The second-order valence-electron chi connectivity index (χ2n) is 6.76. The van der Waals surface area contributed by atoms with Crippen molar-refractivity contribution in [3.05, 3.63) is 23.8 Å². The van der Waals surface area contributed by atoms with Crippen molar-refractivity contribution in [3.8, 4) is 11.5 Å². The summed E-state index contributed by atoms with van der Waals surface area (Å²) in [5.41, 5.74) is 1.13. The van der Waals surface area contributed by atoms with E-state index in [1.54, 1.807) is 14.2 Å². The Bertz CT molecular complexity index is 607. The van der Waals surface area contributed by atoms with Crippen LogP contribution >= 0.6 is 0 Å². The minimum absolute atomic E-state index is 0.119. The average Bonchev–Trinajstić information content (AvgIpc) is 3.08. The van der Waals surface area contributed by atoms with Gasteiger partial charge in [-0.1, -0.05) is 6.07 Å². The maximum atomic E-state index is 12.7. The molecule has 6 heteroatoms. The van der Waals surface area contributed by atoms with Gasteiger partial charge in [-0.3, -0.25) is 9.69 Å². The number of ether oxygens (including phenoxy) is 3. The van der Waals surface area contributed by atoms with Gasteiger partial charge in [0.2, 0.25) is 5.91 Å². The summed E-state index contributed by atoms with van der Waals surface area (Å²) in [4.78, 5) is 16.9. The van der Waals surface area contributed by atoms with E-state index in [0.29, 0.717) is 26.2 Å². The predicted octanol–water partition coefficient (Wildman–Crippen LogP) is 2.09. The Morgan fingerprint density at radius 3 is 2.84 bits per heavy atom. The largest absolute Gasteiger partial charge is 0.497 e. The smallest absolute Gasteiger partial charge is 0.236 e. The second kappa shape index (κ2) is 8.06.